The van der Waals surface area contributed by atoms with Gasteiger partial charge in [0.2, 0.25) is 0 Å². The van der Waals surface area contributed by atoms with E-state index in [0.29, 0.717) is 23.9 Å². The van der Waals surface area contributed by atoms with Gasteiger partial charge in [0.05, 0.1) is 29.0 Å². The molecule has 3 atom stereocenters. The van der Waals surface area contributed by atoms with Crippen molar-refractivity contribution in [3.8, 4) is 5.75 Å². The number of anilines is 1. The highest BCUT2D eigenvalue weighted by atomic mass is 16.3. The standard InChI is InChI=1S/C31H44N6O/c1-6-8-30(37-20-22(2)33-23(3)21-37)29-19-32-28-18-25(11-12-27(28)34-29)36-15-13-31(14-16-36,35(4)5)24-9-7-10-26(38)17-24/h7,9-12,17-19,22-23,30,33,38H,6,8,13-16,20-21H2,1-5H3/t22-,23+,30?. The summed E-state index contributed by atoms with van der Waals surface area (Å²) in [7, 11) is 4.30. The average molecular weight is 517 g/mol. The predicted molar refractivity (Wildman–Crippen MR) is 156 cm³/mol. The van der Waals surface area contributed by atoms with Gasteiger partial charge < -0.3 is 15.3 Å². The zero-order chi connectivity index (χ0) is 26.9. The number of phenols is 1. The topological polar surface area (TPSA) is 67.8 Å². The van der Waals surface area contributed by atoms with Crippen LogP contribution in [0.5, 0.6) is 5.75 Å². The Bertz CT molecular complexity index is 1230. The third kappa shape index (κ3) is 5.37. The molecule has 0 bridgehead atoms. The minimum atomic E-state index is -0.0753. The second kappa shape index (κ2) is 11.2. The van der Waals surface area contributed by atoms with E-state index in [9.17, 15) is 5.11 Å². The summed E-state index contributed by atoms with van der Waals surface area (Å²) in [6.45, 7) is 10.8. The van der Waals surface area contributed by atoms with Crippen molar-refractivity contribution < 1.29 is 5.11 Å². The molecular formula is C31H44N6O. The third-order valence-electron chi connectivity index (χ3n) is 8.67. The fraction of sp³-hybridized carbons (Fsp3) is 0.548. The van der Waals surface area contributed by atoms with E-state index in [1.807, 2.05) is 18.3 Å². The largest absolute Gasteiger partial charge is 0.508 e. The first-order valence-electron chi connectivity index (χ1n) is 14.3. The van der Waals surface area contributed by atoms with Crippen LogP contribution in [0.25, 0.3) is 11.0 Å². The summed E-state index contributed by atoms with van der Waals surface area (Å²) in [4.78, 5) is 17.4. The van der Waals surface area contributed by atoms with Crippen molar-refractivity contribution in [1.82, 2.24) is 25.1 Å². The molecule has 7 heteroatoms. The minimum Gasteiger partial charge on any atom is -0.508 e. The number of piperazine rings is 1. The van der Waals surface area contributed by atoms with Gasteiger partial charge in [0.25, 0.3) is 0 Å². The Labute approximate surface area is 227 Å². The van der Waals surface area contributed by atoms with E-state index < -0.39 is 0 Å². The van der Waals surface area contributed by atoms with E-state index in [2.05, 4.69) is 79.1 Å². The van der Waals surface area contributed by atoms with Gasteiger partial charge in [-0.2, -0.15) is 0 Å². The first kappa shape index (κ1) is 26.9. The first-order chi connectivity index (χ1) is 18.3. The summed E-state index contributed by atoms with van der Waals surface area (Å²) in [5.41, 5.74) is 5.34. The van der Waals surface area contributed by atoms with Crippen LogP contribution in [0.3, 0.4) is 0 Å². The van der Waals surface area contributed by atoms with Crippen molar-refractivity contribution in [2.45, 2.75) is 70.1 Å². The Balaban J connectivity index is 1.34. The smallest absolute Gasteiger partial charge is 0.115 e. The van der Waals surface area contributed by atoms with Crippen LogP contribution in [0, 0.1) is 0 Å². The van der Waals surface area contributed by atoms with E-state index in [4.69, 9.17) is 9.97 Å². The molecule has 2 saturated heterocycles. The maximum Gasteiger partial charge on any atom is 0.115 e. The molecule has 2 aliphatic heterocycles. The number of nitrogens with zero attached hydrogens (tertiary/aromatic N) is 5. The lowest BCUT2D eigenvalue weighted by molar-refractivity contribution is 0.114. The molecule has 0 radical (unpaired) electrons. The minimum absolute atomic E-state index is 0.0753. The number of piperidine rings is 1. The Morgan fingerprint density at radius 3 is 2.45 bits per heavy atom. The van der Waals surface area contributed by atoms with E-state index in [1.165, 1.54) is 11.3 Å². The SMILES string of the molecule is CCCC(c1cnc2cc(N3CCC(c4cccc(O)c4)(N(C)C)CC3)ccc2n1)N1C[C@@H](C)N[C@@H](C)C1. The Hall–Kier alpha value is -2.74. The number of aromatic nitrogens is 2. The van der Waals surface area contributed by atoms with Crippen LogP contribution in [0.15, 0.2) is 48.7 Å². The van der Waals surface area contributed by atoms with Crippen LogP contribution in [-0.4, -0.2) is 77.2 Å². The fourth-order valence-electron chi connectivity index (χ4n) is 6.71. The van der Waals surface area contributed by atoms with Gasteiger partial charge in [0.1, 0.15) is 5.75 Å². The van der Waals surface area contributed by atoms with Crippen LogP contribution in [0.2, 0.25) is 0 Å². The van der Waals surface area contributed by atoms with Gasteiger partial charge in [-0.15, -0.1) is 0 Å². The number of fused-ring (bicyclic) bond motifs is 1. The fourth-order valence-corrected chi connectivity index (χ4v) is 6.71. The zero-order valence-corrected chi connectivity index (χ0v) is 23.7. The van der Waals surface area contributed by atoms with Gasteiger partial charge in [0, 0.05) is 49.5 Å². The van der Waals surface area contributed by atoms with Crippen LogP contribution >= 0.6 is 0 Å². The molecule has 0 saturated carbocycles. The lowest BCUT2D eigenvalue weighted by Gasteiger charge is -2.47. The van der Waals surface area contributed by atoms with E-state index in [1.54, 1.807) is 6.07 Å². The number of nitrogens with one attached hydrogen (secondary N) is 1. The van der Waals surface area contributed by atoms with Gasteiger partial charge >= 0.3 is 0 Å². The summed E-state index contributed by atoms with van der Waals surface area (Å²) in [6.07, 6.45) is 6.22. The highest BCUT2D eigenvalue weighted by Gasteiger charge is 2.38. The van der Waals surface area contributed by atoms with Gasteiger partial charge in [-0.05, 0) is 83.1 Å². The number of benzene rings is 2. The predicted octanol–water partition coefficient (Wildman–Crippen LogP) is 4.92. The number of aromatic hydroxyl groups is 1. The summed E-state index contributed by atoms with van der Waals surface area (Å²) in [6, 6.07) is 15.6. The molecule has 3 aromatic rings. The van der Waals surface area contributed by atoms with E-state index in [0.717, 1.165) is 68.6 Å². The molecule has 2 aliphatic rings. The average Bonchev–Trinajstić information content (AvgIpc) is 2.90. The number of rotatable bonds is 7. The molecule has 0 spiro atoms. The molecule has 2 fully saturated rings. The number of hydrogen-bond acceptors (Lipinski definition) is 7. The second-order valence-corrected chi connectivity index (χ2v) is 11.7. The van der Waals surface area contributed by atoms with Crippen molar-refractivity contribution >= 4 is 16.7 Å². The van der Waals surface area contributed by atoms with Gasteiger partial charge in [-0.25, -0.2) is 4.98 Å². The molecule has 5 rings (SSSR count). The Morgan fingerprint density at radius 2 is 1.79 bits per heavy atom. The monoisotopic (exact) mass is 516 g/mol. The summed E-state index contributed by atoms with van der Waals surface area (Å²) < 4.78 is 0. The van der Waals surface area contributed by atoms with E-state index in [-0.39, 0.29) is 5.54 Å². The van der Waals surface area contributed by atoms with Crippen molar-refractivity contribution in [3.05, 3.63) is 59.9 Å². The van der Waals surface area contributed by atoms with Crippen molar-refractivity contribution in [3.63, 3.8) is 0 Å². The second-order valence-electron chi connectivity index (χ2n) is 11.7. The Morgan fingerprint density at radius 1 is 1.05 bits per heavy atom. The number of hydrogen-bond donors (Lipinski definition) is 2. The summed E-state index contributed by atoms with van der Waals surface area (Å²) in [5, 5.41) is 13.8. The zero-order valence-electron chi connectivity index (χ0n) is 23.7. The molecule has 0 aliphatic carbocycles. The third-order valence-corrected chi connectivity index (χ3v) is 8.67. The molecule has 38 heavy (non-hydrogen) atoms. The van der Waals surface area contributed by atoms with Crippen molar-refractivity contribution in [1.29, 1.82) is 0 Å². The van der Waals surface area contributed by atoms with Gasteiger partial charge in [-0.1, -0.05) is 25.5 Å². The lowest BCUT2D eigenvalue weighted by atomic mass is 9.79. The highest BCUT2D eigenvalue weighted by Crippen LogP contribution is 2.40. The normalized spacial score (nSPS) is 23.2. The lowest BCUT2D eigenvalue weighted by Crippen LogP contribution is -2.55. The number of phenolic OH excluding ortho intramolecular Hbond substituents is 1. The maximum absolute atomic E-state index is 10.1. The van der Waals surface area contributed by atoms with E-state index >= 15 is 0 Å². The van der Waals surface area contributed by atoms with Crippen LogP contribution in [0.4, 0.5) is 5.69 Å². The molecule has 0 amide bonds. The van der Waals surface area contributed by atoms with Gasteiger partial charge in [-0.3, -0.25) is 14.8 Å². The summed E-state index contributed by atoms with van der Waals surface area (Å²) in [5.74, 6) is 0.334. The van der Waals surface area contributed by atoms with Crippen molar-refractivity contribution in [2.24, 2.45) is 0 Å². The highest BCUT2D eigenvalue weighted by molar-refractivity contribution is 5.79. The van der Waals surface area contributed by atoms with Crippen molar-refractivity contribution in [2.75, 3.05) is 45.2 Å². The molecule has 1 aromatic heterocycles. The molecule has 1 unspecified atom stereocenters. The van der Waals surface area contributed by atoms with Crippen LogP contribution in [0.1, 0.15) is 63.8 Å². The Kier molecular flexibility index (Phi) is 7.89. The molecule has 3 heterocycles. The van der Waals surface area contributed by atoms with Crippen LogP contribution in [-0.2, 0) is 5.54 Å². The molecule has 2 N–H and O–H groups in total. The molecule has 2 aromatic carbocycles. The van der Waals surface area contributed by atoms with Crippen LogP contribution < -0.4 is 10.2 Å². The van der Waals surface area contributed by atoms with Gasteiger partial charge in [0.15, 0.2) is 0 Å². The molecule has 7 nitrogen and oxygen atoms in total. The maximum atomic E-state index is 10.1. The molecule has 204 valence electrons. The molecular weight excluding hydrogens is 472 g/mol. The quantitative estimate of drug-likeness (QED) is 0.462. The first-order valence-corrected chi connectivity index (χ1v) is 14.3. The summed E-state index contributed by atoms with van der Waals surface area (Å²) >= 11 is 0.